The fraction of sp³-hybridized carbons (Fsp3) is 0.138. The number of rotatable bonds is 8. The molecule has 4 aromatic carbocycles. The average molecular weight is 494 g/mol. The van der Waals surface area contributed by atoms with Gasteiger partial charge >= 0.3 is 0 Å². The first-order chi connectivity index (χ1) is 17.6. The summed E-state index contributed by atoms with van der Waals surface area (Å²) in [7, 11) is 0. The number of para-hydroxylation sites is 1. The summed E-state index contributed by atoms with van der Waals surface area (Å²) in [6.07, 6.45) is 0. The van der Waals surface area contributed by atoms with E-state index in [1.807, 2.05) is 96.4 Å². The van der Waals surface area contributed by atoms with E-state index in [1.54, 1.807) is 0 Å². The second kappa shape index (κ2) is 10.7. The van der Waals surface area contributed by atoms with Crippen LogP contribution in [0.15, 0.2) is 102 Å². The molecule has 0 saturated heterocycles. The Bertz CT molecular complexity index is 1490. The second-order valence-electron chi connectivity index (χ2n) is 8.57. The first kappa shape index (κ1) is 23.6. The lowest BCUT2D eigenvalue weighted by Gasteiger charge is -2.15. The van der Waals surface area contributed by atoms with Gasteiger partial charge in [-0.15, -0.1) is 10.2 Å². The first-order valence-electron chi connectivity index (χ1n) is 11.8. The third kappa shape index (κ3) is 5.26. The predicted octanol–water partition coefficient (Wildman–Crippen LogP) is 6.46. The molecule has 0 saturated carbocycles. The summed E-state index contributed by atoms with van der Waals surface area (Å²) >= 11 is 1.39. The van der Waals surface area contributed by atoms with Crippen LogP contribution in [0.1, 0.15) is 18.3 Å². The number of thioether (sulfide) groups is 1. The van der Waals surface area contributed by atoms with Gasteiger partial charge in [-0.1, -0.05) is 78.5 Å². The Morgan fingerprint density at radius 2 is 1.67 bits per heavy atom. The summed E-state index contributed by atoms with van der Waals surface area (Å²) in [5.74, 6) is 0.685. The van der Waals surface area contributed by atoms with Gasteiger partial charge in [0.1, 0.15) is 0 Å². The van der Waals surface area contributed by atoms with Gasteiger partial charge in [0.15, 0.2) is 11.0 Å². The van der Waals surface area contributed by atoms with Crippen LogP contribution in [0.2, 0.25) is 0 Å². The van der Waals surface area contributed by atoms with Crippen molar-refractivity contribution >= 4 is 39.8 Å². The van der Waals surface area contributed by atoms with Crippen molar-refractivity contribution in [2.45, 2.75) is 30.8 Å². The van der Waals surface area contributed by atoms with Gasteiger partial charge in [0.2, 0.25) is 5.91 Å². The largest absolute Gasteiger partial charge is 0.378 e. The van der Waals surface area contributed by atoms with E-state index in [4.69, 9.17) is 0 Å². The molecule has 1 atom stereocenters. The van der Waals surface area contributed by atoms with Crippen LogP contribution in [0.4, 0.5) is 11.4 Å². The Balaban J connectivity index is 1.37. The van der Waals surface area contributed by atoms with E-state index >= 15 is 0 Å². The van der Waals surface area contributed by atoms with Crippen molar-refractivity contribution in [1.82, 2.24) is 14.8 Å². The number of aryl methyl sites for hydroxylation is 1. The Kier molecular flexibility index (Phi) is 7.00. The number of amides is 1. The van der Waals surface area contributed by atoms with Crippen molar-refractivity contribution in [1.29, 1.82) is 0 Å². The van der Waals surface area contributed by atoms with Crippen LogP contribution in [0.3, 0.4) is 0 Å². The molecular formula is C29H27N5OS. The number of hydrogen-bond acceptors (Lipinski definition) is 5. The lowest BCUT2D eigenvalue weighted by Crippen LogP contribution is -2.23. The minimum Gasteiger partial charge on any atom is -0.378 e. The molecule has 5 rings (SSSR count). The molecule has 0 bridgehead atoms. The van der Waals surface area contributed by atoms with Crippen molar-refractivity contribution in [2.75, 3.05) is 10.6 Å². The third-order valence-electron chi connectivity index (χ3n) is 5.88. The number of carbonyl (C=O) groups excluding carboxylic acids is 1. The number of benzene rings is 4. The van der Waals surface area contributed by atoms with Crippen molar-refractivity contribution in [2.24, 2.45) is 0 Å². The van der Waals surface area contributed by atoms with Crippen LogP contribution in [-0.4, -0.2) is 25.9 Å². The van der Waals surface area contributed by atoms with Gasteiger partial charge in [0, 0.05) is 22.4 Å². The Labute approximate surface area is 214 Å². The van der Waals surface area contributed by atoms with E-state index < -0.39 is 0 Å². The lowest BCUT2D eigenvalue weighted by molar-refractivity contribution is -0.115. The summed E-state index contributed by atoms with van der Waals surface area (Å²) in [6, 6.07) is 32.2. The molecule has 0 aliphatic carbocycles. The van der Waals surface area contributed by atoms with Crippen LogP contribution in [0.5, 0.6) is 0 Å². The second-order valence-corrected chi connectivity index (χ2v) is 9.88. The maximum absolute atomic E-state index is 13.2. The van der Waals surface area contributed by atoms with Crippen molar-refractivity contribution in [3.05, 3.63) is 108 Å². The molecule has 2 N–H and O–H groups in total. The summed E-state index contributed by atoms with van der Waals surface area (Å²) in [4.78, 5) is 13.2. The molecule has 0 spiro atoms. The van der Waals surface area contributed by atoms with Gasteiger partial charge in [-0.25, -0.2) is 0 Å². The molecule has 36 heavy (non-hydrogen) atoms. The molecule has 0 aliphatic heterocycles. The van der Waals surface area contributed by atoms with Crippen LogP contribution in [0, 0.1) is 6.92 Å². The molecule has 1 aromatic heterocycles. The van der Waals surface area contributed by atoms with Crippen LogP contribution in [-0.2, 0) is 11.3 Å². The molecule has 7 heteroatoms. The number of fused-ring (bicyclic) bond motifs is 1. The number of anilines is 2. The Morgan fingerprint density at radius 3 is 2.50 bits per heavy atom. The Hall–Kier alpha value is -4.10. The molecule has 1 amide bonds. The first-order valence-corrected chi connectivity index (χ1v) is 12.7. The number of carbonyl (C=O) groups is 1. The minimum atomic E-state index is -0.381. The molecular weight excluding hydrogens is 466 g/mol. The third-order valence-corrected chi connectivity index (χ3v) is 6.93. The molecule has 0 radical (unpaired) electrons. The highest BCUT2D eigenvalue weighted by molar-refractivity contribution is 8.00. The van der Waals surface area contributed by atoms with E-state index in [1.165, 1.54) is 17.3 Å². The standard InChI is InChI=1S/C29H27N5OS/c1-20-10-8-13-23(18-20)30-19-27-32-33-29(34(27)24-14-4-3-5-15-24)36-21(2)28(35)31-26-17-9-12-22-11-6-7-16-25(22)26/h3-18,21,30H,19H2,1-2H3,(H,31,35)/t21-/m0/s1. The van der Waals surface area contributed by atoms with E-state index in [0.29, 0.717) is 11.7 Å². The van der Waals surface area contributed by atoms with Gasteiger partial charge in [0.05, 0.1) is 11.8 Å². The van der Waals surface area contributed by atoms with Gasteiger partial charge in [-0.05, 0) is 55.1 Å². The van der Waals surface area contributed by atoms with Gasteiger partial charge < -0.3 is 10.6 Å². The number of aromatic nitrogens is 3. The Morgan fingerprint density at radius 1 is 0.917 bits per heavy atom. The van der Waals surface area contributed by atoms with Crippen LogP contribution in [0.25, 0.3) is 16.5 Å². The van der Waals surface area contributed by atoms with Gasteiger partial charge in [0.25, 0.3) is 0 Å². The zero-order valence-corrected chi connectivity index (χ0v) is 21.0. The van der Waals surface area contributed by atoms with Crippen LogP contribution >= 0.6 is 11.8 Å². The molecule has 0 unspecified atom stereocenters. The molecule has 1 heterocycles. The maximum Gasteiger partial charge on any atom is 0.237 e. The van der Waals surface area contributed by atoms with Crippen molar-refractivity contribution < 1.29 is 4.79 Å². The van der Waals surface area contributed by atoms with E-state index in [0.717, 1.165) is 33.7 Å². The van der Waals surface area contributed by atoms with E-state index in [2.05, 4.69) is 39.9 Å². The zero-order valence-electron chi connectivity index (χ0n) is 20.2. The fourth-order valence-electron chi connectivity index (χ4n) is 4.04. The summed E-state index contributed by atoms with van der Waals surface area (Å²) in [5, 5.41) is 17.8. The molecule has 180 valence electrons. The smallest absolute Gasteiger partial charge is 0.237 e. The summed E-state index contributed by atoms with van der Waals surface area (Å²) in [6.45, 7) is 4.46. The average Bonchev–Trinajstić information content (AvgIpc) is 3.30. The quantitative estimate of drug-likeness (QED) is 0.243. The number of hydrogen-bond donors (Lipinski definition) is 2. The van der Waals surface area contributed by atoms with Crippen molar-refractivity contribution in [3.8, 4) is 5.69 Å². The zero-order chi connectivity index (χ0) is 24.9. The number of nitrogens with zero attached hydrogens (tertiary/aromatic N) is 3. The van der Waals surface area contributed by atoms with Crippen molar-refractivity contribution in [3.63, 3.8) is 0 Å². The van der Waals surface area contributed by atoms with Gasteiger partial charge in [-0.2, -0.15) is 0 Å². The van der Waals surface area contributed by atoms with E-state index in [9.17, 15) is 4.79 Å². The minimum absolute atomic E-state index is 0.0848. The molecule has 0 fully saturated rings. The molecule has 5 aromatic rings. The topological polar surface area (TPSA) is 71.8 Å². The highest BCUT2D eigenvalue weighted by Gasteiger charge is 2.21. The highest BCUT2D eigenvalue weighted by Crippen LogP contribution is 2.28. The SMILES string of the molecule is Cc1cccc(NCc2nnc(S[C@@H](C)C(=O)Nc3cccc4ccccc34)n2-c2ccccc2)c1. The summed E-state index contributed by atoms with van der Waals surface area (Å²) < 4.78 is 2.01. The maximum atomic E-state index is 13.2. The number of nitrogens with one attached hydrogen (secondary N) is 2. The molecule has 6 nitrogen and oxygen atoms in total. The summed E-state index contributed by atoms with van der Waals surface area (Å²) in [5.41, 5.74) is 3.97. The fourth-order valence-corrected chi connectivity index (χ4v) is 4.93. The lowest BCUT2D eigenvalue weighted by atomic mass is 10.1. The van der Waals surface area contributed by atoms with Crippen LogP contribution < -0.4 is 10.6 Å². The molecule has 0 aliphatic rings. The predicted molar refractivity (Wildman–Crippen MR) is 148 cm³/mol. The van der Waals surface area contributed by atoms with E-state index in [-0.39, 0.29) is 11.2 Å². The highest BCUT2D eigenvalue weighted by atomic mass is 32.2. The normalized spacial score (nSPS) is 11.8. The van der Waals surface area contributed by atoms with Gasteiger partial charge in [-0.3, -0.25) is 9.36 Å². The monoisotopic (exact) mass is 493 g/mol.